The lowest BCUT2D eigenvalue weighted by Gasteiger charge is -2.27. The zero-order valence-electron chi connectivity index (χ0n) is 16.1. The summed E-state index contributed by atoms with van der Waals surface area (Å²) in [6.45, 7) is 2.02. The molecule has 1 N–H and O–H groups in total. The third-order valence-electron chi connectivity index (χ3n) is 5.40. The van der Waals surface area contributed by atoms with Gasteiger partial charge in [-0.3, -0.25) is 14.8 Å². The Kier molecular flexibility index (Phi) is 4.61. The molecule has 0 radical (unpaired) electrons. The molecule has 1 aromatic heterocycles. The molecule has 1 aliphatic rings. The molecular weight excluding hydrogens is 417 g/mol. The number of nitrogens with one attached hydrogen (secondary N) is 1. The van der Waals surface area contributed by atoms with Gasteiger partial charge in [0, 0.05) is 26.9 Å². The molecule has 5 rings (SSSR count). The molecule has 0 aliphatic carbocycles. The molecule has 4 nitrogen and oxygen atoms in total. The number of hydrogen-bond donors (Lipinski definition) is 1. The summed E-state index contributed by atoms with van der Waals surface area (Å²) in [5, 5.41) is 8.68. The van der Waals surface area contributed by atoms with Crippen LogP contribution in [0, 0.1) is 6.92 Å². The van der Waals surface area contributed by atoms with Gasteiger partial charge in [-0.25, -0.2) is 0 Å². The number of fused-ring (bicyclic) bond motifs is 1. The van der Waals surface area contributed by atoms with Crippen LogP contribution in [0.25, 0.3) is 11.3 Å². The van der Waals surface area contributed by atoms with Crippen molar-refractivity contribution in [2.24, 2.45) is 0 Å². The Morgan fingerprint density at radius 1 is 0.933 bits per heavy atom. The van der Waals surface area contributed by atoms with Crippen molar-refractivity contribution in [3.63, 3.8) is 0 Å². The first-order valence-electron chi connectivity index (χ1n) is 9.53. The maximum Gasteiger partial charge on any atom is 0.277 e. The van der Waals surface area contributed by atoms with Crippen molar-refractivity contribution >= 4 is 34.8 Å². The number of hydrogen-bond acceptors (Lipinski definition) is 2. The van der Waals surface area contributed by atoms with Crippen LogP contribution in [0.1, 0.15) is 33.2 Å². The summed E-state index contributed by atoms with van der Waals surface area (Å²) < 4.78 is 0. The number of amides is 1. The predicted octanol–water partition coefficient (Wildman–Crippen LogP) is 6.44. The summed E-state index contributed by atoms with van der Waals surface area (Å²) in [6, 6.07) is 22.6. The molecule has 1 amide bonds. The van der Waals surface area contributed by atoms with Gasteiger partial charge >= 0.3 is 0 Å². The minimum Gasteiger partial charge on any atom is -0.295 e. The average molecular weight is 434 g/mol. The van der Waals surface area contributed by atoms with Crippen LogP contribution < -0.4 is 4.90 Å². The highest BCUT2D eigenvalue weighted by Gasteiger charge is 2.43. The topological polar surface area (TPSA) is 49.0 Å². The lowest BCUT2D eigenvalue weighted by Crippen LogP contribution is -2.29. The lowest BCUT2D eigenvalue weighted by atomic mass is 9.95. The Labute approximate surface area is 184 Å². The SMILES string of the molecule is Cc1ccc(N2C(=O)c3[nH]nc(-c4ccc(Cl)cc4)c3C2c2ccccc2Cl)cc1. The maximum absolute atomic E-state index is 13.5. The second-order valence-electron chi connectivity index (χ2n) is 7.30. The standard InChI is InChI=1S/C24H17Cl2N3O/c1-14-6-12-17(13-7-14)29-23(18-4-2-3-5-19(18)26)20-21(27-28-22(20)24(29)30)15-8-10-16(25)11-9-15/h2-13,23H,1H3,(H,27,28). The van der Waals surface area contributed by atoms with Crippen LogP contribution in [0.5, 0.6) is 0 Å². The molecule has 4 aromatic rings. The Bertz CT molecular complexity index is 1250. The number of halogens is 2. The number of H-pyrrole nitrogens is 1. The molecular formula is C24H17Cl2N3O. The molecule has 0 saturated carbocycles. The number of anilines is 1. The van der Waals surface area contributed by atoms with E-state index >= 15 is 0 Å². The van der Waals surface area contributed by atoms with Crippen LogP contribution in [0.15, 0.2) is 72.8 Å². The molecule has 148 valence electrons. The number of carbonyl (C=O) groups excluding carboxylic acids is 1. The molecule has 0 fully saturated rings. The van der Waals surface area contributed by atoms with E-state index in [2.05, 4.69) is 10.2 Å². The van der Waals surface area contributed by atoms with E-state index in [1.54, 1.807) is 4.90 Å². The highest BCUT2D eigenvalue weighted by Crippen LogP contribution is 2.46. The second kappa shape index (κ2) is 7.31. The van der Waals surface area contributed by atoms with Gasteiger partial charge in [-0.15, -0.1) is 0 Å². The second-order valence-corrected chi connectivity index (χ2v) is 8.15. The molecule has 1 unspecified atom stereocenters. The average Bonchev–Trinajstić information content (AvgIpc) is 3.29. The van der Waals surface area contributed by atoms with Gasteiger partial charge in [0.1, 0.15) is 5.69 Å². The number of aromatic amines is 1. The third-order valence-corrected chi connectivity index (χ3v) is 5.99. The summed E-state index contributed by atoms with van der Waals surface area (Å²) in [6.07, 6.45) is 0. The van der Waals surface area contributed by atoms with E-state index in [-0.39, 0.29) is 5.91 Å². The van der Waals surface area contributed by atoms with Crippen LogP contribution in [-0.4, -0.2) is 16.1 Å². The van der Waals surface area contributed by atoms with Crippen LogP contribution >= 0.6 is 23.2 Å². The molecule has 3 aromatic carbocycles. The molecule has 30 heavy (non-hydrogen) atoms. The van der Waals surface area contributed by atoms with E-state index in [1.807, 2.05) is 79.7 Å². The highest BCUT2D eigenvalue weighted by atomic mass is 35.5. The minimum absolute atomic E-state index is 0.133. The molecule has 1 atom stereocenters. The van der Waals surface area contributed by atoms with Gasteiger partial charge in [-0.1, -0.05) is 71.2 Å². The van der Waals surface area contributed by atoms with Gasteiger partial charge in [0.2, 0.25) is 0 Å². The van der Waals surface area contributed by atoms with Gasteiger partial charge in [-0.2, -0.15) is 5.10 Å². The Morgan fingerprint density at radius 3 is 2.33 bits per heavy atom. The summed E-state index contributed by atoms with van der Waals surface area (Å²) in [7, 11) is 0. The molecule has 1 aliphatic heterocycles. The molecule has 0 saturated heterocycles. The fraction of sp³-hybridized carbons (Fsp3) is 0.0833. The highest BCUT2D eigenvalue weighted by molar-refractivity contribution is 6.31. The predicted molar refractivity (Wildman–Crippen MR) is 120 cm³/mol. The summed E-state index contributed by atoms with van der Waals surface area (Å²) in [4.78, 5) is 15.2. The minimum atomic E-state index is -0.395. The van der Waals surface area contributed by atoms with E-state index in [4.69, 9.17) is 23.2 Å². The van der Waals surface area contributed by atoms with Crippen molar-refractivity contribution in [2.75, 3.05) is 4.90 Å². The van der Waals surface area contributed by atoms with Crippen LogP contribution in [0.3, 0.4) is 0 Å². The van der Waals surface area contributed by atoms with Crippen molar-refractivity contribution in [3.05, 3.63) is 105 Å². The normalized spacial score (nSPS) is 15.5. The number of carbonyl (C=O) groups is 1. The number of benzene rings is 3. The largest absolute Gasteiger partial charge is 0.295 e. The van der Waals surface area contributed by atoms with E-state index in [0.717, 1.165) is 33.6 Å². The Morgan fingerprint density at radius 2 is 1.63 bits per heavy atom. The molecule has 6 heteroatoms. The van der Waals surface area contributed by atoms with E-state index < -0.39 is 6.04 Å². The van der Waals surface area contributed by atoms with Gasteiger partial charge in [-0.05, 0) is 42.8 Å². The first-order valence-corrected chi connectivity index (χ1v) is 10.3. The van der Waals surface area contributed by atoms with Crippen molar-refractivity contribution in [1.29, 1.82) is 0 Å². The van der Waals surface area contributed by atoms with Gasteiger partial charge < -0.3 is 0 Å². The van der Waals surface area contributed by atoms with Gasteiger partial charge in [0.15, 0.2) is 0 Å². The van der Waals surface area contributed by atoms with E-state index in [9.17, 15) is 4.79 Å². The van der Waals surface area contributed by atoms with Crippen molar-refractivity contribution in [1.82, 2.24) is 10.2 Å². The summed E-state index contributed by atoms with van der Waals surface area (Å²) >= 11 is 12.7. The zero-order chi connectivity index (χ0) is 20.8. The van der Waals surface area contributed by atoms with E-state index in [1.165, 1.54) is 0 Å². The first kappa shape index (κ1) is 18.9. The van der Waals surface area contributed by atoms with Gasteiger partial charge in [0.05, 0.1) is 11.7 Å². The van der Waals surface area contributed by atoms with Crippen molar-refractivity contribution in [2.45, 2.75) is 13.0 Å². The molecule has 2 heterocycles. The Balaban J connectivity index is 1.74. The number of rotatable bonds is 3. The zero-order valence-corrected chi connectivity index (χ0v) is 17.6. The van der Waals surface area contributed by atoms with Crippen LogP contribution in [0.4, 0.5) is 5.69 Å². The lowest BCUT2D eigenvalue weighted by molar-refractivity contribution is 0.0989. The quantitative estimate of drug-likeness (QED) is 0.403. The number of nitrogens with zero attached hydrogens (tertiary/aromatic N) is 2. The van der Waals surface area contributed by atoms with E-state index in [0.29, 0.717) is 15.7 Å². The summed E-state index contributed by atoms with van der Waals surface area (Å²) in [5.41, 5.74) is 5.68. The fourth-order valence-corrected chi connectivity index (χ4v) is 4.30. The Hall–Kier alpha value is -3.08. The maximum atomic E-state index is 13.5. The molecule has 0 spiro atoms. The van der Waals surface area contributed by atoms with Crippen molar-refractivity contribution in [3.8, 4) is 11.3 Å². The van der Waals surface area contributed by atoms with Gasteiger partial charge in [0.25, 0.3) is 5.91 Å². The molecule has 0 bridgehead atoms. The van der Waals surface area contributed by atoms with Crippen molar-refractivity contribution < 1.29 is 4.79 Å². The number of aromatic nitrogens is 2. The first-order chi connectivity index (χ1) is 14.5. The smallest absolute Gasteiger partial charge is 0.277 e. The monoisotopic (exact) mass is 433 g/mol. The number of aryl methyl sites for hydroxylation is 1. The van der Waals surface area contributed by atoms with Crippen LogP contribution in [0.2, 0.25) is 10.0 Å². The summed E-state index contributed by atoms with van der Waals surface area (Å²) in [5.74, 6) is -0.133. The fourth-order valence-electron chi connectivity index (χ4n) is 3.94. The van der Waals surface area contributed by atoms with Crippen LogP contribution in [-0.2, 0) is 0 Å². The third kappa shape index (κ3) is 3.00.